The number of imide groups is 1. The molecular weight excluding hydrogens is 324 g/mol. The number of hydrogen-bond donors (Lipinski definition) is 1. The highest BCUT2D eigenvalue weighted by molar-refractivity contribution is 7.81. The van der Waals surface area contributed by atoms with Gasteiger partial charge in [-0.05, 0) is 13.0 Å². The van der Waals surface area contributed by atoms with Gasteiger partial charge in [-0.1, -0.05) is 0 Å². The van der Waals surface area contributed by atoms with Crippen LogP contribution in [0.2, 0.25) is 0 Å². The third-order valence-corrected chi connectivity index (χ3v) is 3.36. The summed E-state index contributed by atoms with van der Waals surface area (Å²) in [6, 6.07) is 0. The predicted octanol–water partition coefficient (Wildman–Crippen LogP) is 0.000500. The third kappa shape index (κ3) is 7.02. The van der Waals surface area contributed by atoms with Gasteiger partial charge in [0, 0.05) is 6.42 Å². The van der Waals surface area contributed by atoms with Crippen LogP contribution in [0.25, 0.3) is 0 Å². The van der Waals surface area contributed by atoms with Crippen molar-refractivity contribution >= 4 is 30.9 Å². The van der Waals surface area contributed by atoms with Gasteiger partial charge in [0.1, 0.15) is 6.26 Å². The molecule has 0 aromatic rings. The summed E-state index contributed by atoms with van der Waals surface area (Å²) < 4.78 is 10.6. The number of likely N-dealkylation sites (tertiary alicyclic amines) is 1. The van der Waals surface area contributed by atoms with Crippen molar-refractivity contribution in [1.82, 2.24) is 9.96 Å². The number of amides is 3. The summed E-state index contributed by atoms with van der Waals surface area (Å²) in [7, 11) is 0. The third-order valence-electron chi connectivity index (χ3n) is 2.96. The molecule has 1 fully saturated rings. The number of nitrogens with zero attached hydrogens (tertiary/aromatic N) is 2. The SMILES string of the molecule is C/C=C\ON(C=O)CCOCCOCCN1C(=O)CC(S)C1=O. The first-order valence-corrected chi connectivity index (χ1v) is 7.79. The smallest absolute Gasteiger partial charge is 0.242 e. The zero-order valence-electron chi connectivity index (χ0n) is 13.1. The molecule has 1 saturated heterocycles. The van der Waals surface area contributed by atoms with Crippen molar-refractivity contribution in [3.05, 3.63) is 12.3 Å². The van der Waals surface area contributed by atoms with E-state index in [-0.39, 0.29) is 31.4 Å². The van der Waals surface area contributed by atoms with Crippen LogP contribution in [0.3, 0.4) is 0 Å². The van der Waals surface area contributed by atoms with Gasteiger partial charge in [-0.15, -0.1) is 0 Å². The van der Waals surface area contributed by atoms with Gasteiger partial charge in [0.2, 0.25) is 18.2 Å². The Hall–Kier alpha value is -1.58. The molecule has 0 spiro atoms. The maximum absolute atomic E-state index is 11.6. The minimum atomic E-state index is -0.531. The Morgan fingerprint density at radius 1 is 1.26 bits per heavy atom. The van der Waals surface area contributed by atoms with Gasteiger partial charge in [0.15, 0.2) is 0 Å². The average molecular weight is 346 g/mol. The maximum Gasteiger partial charge on any atom is 0.242 e. The van der Waals surface area contributed by atoms with E-state index >= 15 is 0 Å². The highest BCUT2D eigenvalue weighted by Crippen LogP contribution is 2.17. The summed E-state index contributed by atoms with van der Waals surface area (Å²) in [6.07, 6.45) is 3.77. The van der Waals surface area contributed by atoms with Gasteiger partial charge in [0.05, 0.1) is 44.8 Å². The Labute approximate surface area is 140 Å². The predicted molar refractivity (Wildman–Crippen MR) is 84.4 cm³/mol. The molecular formula is C14H22N2O6S. The standard InChI is InChI=1S/C14H22N2O6S/c1-2-5-22-15(11-17)3-6-20-8-9-21-7-4-16-13(18)10-12(23)14(16)19/h2,5,11-12,23H,3-4,6-10H2,1H3/b5-2-. The molecule has 0 N–H and O–H groups in total. The number of carbonyl (C=O) groups is 3. The molecule has 1 heterocycles. The molecule has 3 amide bonds. The monoisotopic (exact) mass is 346 g/mol. The van der Waals surface area contributed by atoms with Crippen molar-refractivity contribution in [2.75, 3.05) is 39.5 Å². The Bertz CT molecular complexity index is 431. The zero-order valence-corrected chi connectivity index (χ0v) is 13.9. The van der Waals surface area contributed by atoms with Gasteiger partial charge < -0.3 is 14.3 Å². The summed E-state index contributed by atoms with van der Waals surface area (Å²) in [4.78, 5) is 39.9. The highest BCUT2D eigenvalue weighted by atomic mass is 32.1. The topological polar surface area (TPSA) is 85.4 Å². The fourth-order valence-corrected chi connectivity index (χ4v) is 2.10. The molecule has 0 aromatic carbocycles. The summed E-state index contributed by atoms with van der Waals surface area (Å²) in [5.74, 6) is -0.488. The highest BCUT2D eigenvalue weighted by Gasteiger charge is 2.35. The molecule has 9 heteroatoms. The van der Waals surface area contributed by atoms with Crippen LogP contribution in [0.5, 0.6) is 0 Å². The number of thiol groups is 1. The van der Waals surface area contributed by atoms with Crippen LogP contribution in [0.1, 0.15) is 13.3 Å². The lowest BCUT2D eigenvalue weighted by atomic mass is 10.4. The van der Waals surface area contributed by atoms with Gasteiger partial charge in [-0.3, -0.25) is 19.3 Å². The summed E-state index contributed by atoms with van der Waals surface area (Å²) in [5, 5.41) is 0.579. The van der Waals surface area contributed by atoms with E-state index in [0.29, 0.717) is 32.8 Å². The van der Waals surface area contributed by atoms with E-state index in [1.807, 2.05) is 0 Å². The van der Waals surface area contributed by atoms with Crippen LogP contribution >= 0.6 is 12.6 Å². The number of rotatable bonds is 12. The minimum absolute atomic E-state index is 0.146. The molecule has 0 bridgehead atoms. The van der Waals surface area contributed by atoms with E-state index in [9.17, 15) is 14.4 Å². The summed E-state index contributed by atoms with van der Waals surface area (Å²) >= 11 is 4.04. The molecule has 1 aliphatic rings. The molecule has 1 aliphatic heterocycles. The van der Waals surface area contributed by atoms with Crippen LogP contribution in [0, 0.1) is 0 Å². The quantitative estimate of drug-likeness (QED) is 0.134. The molecule has 0 aromatic heterocycles. The van der Waals surface area contributed by atoms with Crippen LogP contribution in [0.4, 0.5) is 0 Å². The number of hydroxylamine groups is 2. The maximum atomic E-state index is 11.6. The second-order valence-corrected chi connectivity index (χ2v) is 5.27. The number of hydrogen-bond acceptors (Lipinski definition) is 7. The second kappa shape index (κ2) is 11.0. The molecule has 23 heavy (non-hydrogen) atoms. The van der Waals surface area contributed by atoms with Crippen LogP contribution in [0.15, 0.2) is 12.3 Å². The second-order valence-electron chi connectivity index (χ2n) is 4.65. The van der Waals surface area contributed by atoms with Crippen molar-refractivity contribution in [1.29, 1.82) is 0 Å². The van der Waals surface area contributed by atoms with Crippen LogP contribution < -0.4 is 0 Å². The van der Waals surface area contributed by atoms with Crippen molar-refractivity contribution in [2.24, 2.45) is 0 Å². The summed E-state index contributed by atoms with van der Waals surface area (Å²) in [5.41, 5.74) is 0. The normalized spacial score (nSPS) is 18.0. The van der Waals surface area contributed by atoms with E-state index in [4.69, 9.17) is 14.3 Å². The van der Waals surface area contributed by atoms with Gasteiger partial charge in [-0.25, -0.2) is 0 Å². The number of carbonyl (C=O) groups excluding carboxylic acids is 3. The summed E-state index contributed by atoms with van der Waals surface area (Å²) in [6.45, 7) is 3.54. The first-order valence-electron chi connectivity index (χ1n) is 7.27. The largest absolute Gasteiger partial charge is 0.385 e. The fourth-order valence-electron chi connectivity index (χ4n) is 1.80. The van der Waals surface area contributed by atoms with Gasteiger partial charge in [-0.2, -0.15) is 17.7 Å². The van der Waals surface area contributed by atoms with Gasteiger partial charge >= 0.3 is 0 Å². The van der Waals surface area contributed by atoms with Crippen molar-refractivity contribution in [2.45, 2.75) is 18.6 Å². The number of allylic oxidation sites excluding steroid dienone is 1. The fraction of sp³-hybridized carbons (Fsp3) is 0.643. The Balaban J connectivity index is 2.00. The number of ether oxygens (including phenoxy) is 2. The first kappa shape index (κ1) is 19.5. The van der Waals surface area contributed by atoms with Crippen molar-refractivity contribution in [3.63, 3.8) is 0 Å². The van der Waals surface area contributed by atoms with E-state index in [0.717, 1.165) is 5.06 Å². The van der Waals surface area contributed by atoms with E-state index in [2.05, 4.69) is 12.6 Å². The van der Waals surface area contributed by atoms with Crippen LogP contribution in [-0.2, 0) is 28.7 Å². The molecule has 0 radical (unpaired) electrons. The Morgan fingerprint density at radius 3 is 2.52 bits per heavy atom. The van der Waals surface area contributed by atoms with Crippen molar-refractivity contribution in [3.8, 4) is 0 Å². The molecule has 0 aliphatic carbocycles. The molecule has 1 unspecified atom stereocenters. The Morgan fingerprint density at radius 2 is 1.96 bits per heavy atom. The van der Waals surface area contributed by atoms with E-state index in [1.165, 1.54) is 11.2 Å². The molecule has 8 nitrogen and oxygen atoms in total. The molecule has 1 rings (SSSR count). The average Bonchev–Trinajstić information content (AvgIpc) is 2.78. The van der Waals surface area contributed by atoms with E-state index in [1.54, 1.807) is 13.0 Å². The lowest BCUT2D eigenvalue weighted by Gasteiger charge is -2.15. The van der Waals surface area contributed by atoms with Crippen molar-refractivity contribution < 1.29 is 28.7 Å². The molecule has 130 valence electrons. The van der Waals surface area contributed by atoms with Crippen LogP contribution in [-0.4, -0.2) is 73.0 Å². The lowest BCUT2D eigenvalue weighted by Crippen LogP contribution is -2.34. The lowest BCUT2D eigenvalue weighted by molar-refractivity contribution is -0.155. The molecule has 0 saturated carbocycles. The minimum Gasteiger partial charge on any atom is -0.385 e. The first-order chi connectivity index (χ1) is 11.1. The van der Waals surface area contributed by atoms with Gasteiger partial charge in [0.25, 0.3) is 0 Å². The zero-order chi connectivity index (χ0) is 17.1. The molecule has 1 atom stereocenters. The van der Waals surface area contributed by atoms with E-state index < -0.39 is 5.25 Å². The Kier molecular flexibility index (Phi) is 9.34.